The van der Waals surface area contributed by atoms with Crippen LogP contribution >= 0.6 is 0 Å². The molecule has 0 aromatic rings. The van der Waals surface area contributed by atoms with Gasteiger partial charge in [0.05, 0.1) is 0 Å². The van der Waals surface area contributed by atoms with E-state index >= 15 is 0 Å². The van der Waals surface area contributed by atoms with Gasteiger partial charge in [-0.25, -0.2) is 0 Å². The van der Waals surface area contributed by atoms with Crippen molar-refractivity contribution >= 4 is 0 Å². The van der Waals surface area contributed by atoms with Crippen LogP contribution in [0.15, 0.2) is 0 Å². The van der Waals surface area contributed by atoms with Crippen LogP contribution in [-0.4, -0.2) is 61.8 Å². The van der Waals surface area contributed by atoms with E-state index in [9.17, 15) is 0 Å². The van der Waals surface area contributed by atoms with E-state index in [-0.39, 0.29) is 0 Å². The van der Waals surface area contributed by atoms with Crippen LogP contribution in [0.5, 0.6) is 0 Å². The second kappa shape index (κ2) is 5.03. The molecule has 0 aromatic carbocycles. The molecule has 3 nitrogen and oxygen atoms in total. The highest BCUT2D eigenvalue weighted by Gasteiger charge is 2.41. The third-order valence-electron chi connectivity index (χ3n) is 4.57. The van der Waals surface area contributed by atoms with Crippen molar-refractivity contribution in [3.63, 3.8) is 0 Å². The van der Waals surface area contributed by atoms with Gasteiger partial charge in [-0.2, -0.15) is 0 Å². The summed E-state index contributed by atoms with van der Waals surface area (Å²) in [6.07, 6.45) is 2.43. The second-order valence-electron chi connectivity index (χ2n) is 5.66. The van der Waals surface area contributed by atoms with Gasteiger partial charge in [0.1, 0.15) is 0 Å². The second-order valence-corrected chi connectivity index (χ2v) is 5.66. The Morgan fingerprint density at radius 2 is 1.56 bits per heavy atom. The summed E-state index contributed by atoms with van der Waals surface area (Å²) >= 11 is 0. The van der Waals surface area contributed by atoms with Crippen LogP contribution in [0, 0.1) is 5.92 Å². The first-order valence-corrected chi connectivity index (χ1v) is 6.66. The molecule has 2 saturated heterocycles. The van der Waals surface area contributed by atoms with Crippen molar-refractivity contribution in [2.45, 2.75) is 32.2 Å². The van der Waals surface area contributed by atoms with Gasteiger partial charge < -0.3 is 9.64 Å². The molecular weight excluding hydrogens is 200 g/mol. The van der Waals surface area contributed by atoms with Gasteiger partial charge in [-0.3, -0.25) is 4.90 Å². The minimum absolute atomic E-state index is 0.416. The molecule has 0 aromatic heterocycles. The average molecular weight is 226 g/mol. The summed E-state index contributed by atoms with van der Waals surface area (Å²) in [5.74, 6) is 0.736. The van der Waals surface area contributed by atoms with Gasteiger partial charge in [0, 0.05) is 44.9 Å². The van der Waals surface area contributed by atoms with E-state index in [1.807, 2.05) is 0 Å². The summed E-state index contributed by atoms with van der Waals surface area (Å²) in [7, 11) is 2.23. The van der Waals surface area contributed by atoms with Gasteiger partial charge in [-0.05, 0) is 25.8 Å². The first-order chi connectivity index (χ1) is 7.65. The molecule has 0 spiro atoms. The summed E-state index contributed by atoms with van der Waals surface area (Å²) in [5, 5.41) is 0. The first kappa shape index (κ1) is 12.3. The molecule has 2 rings (SSSR count). The monoisotopic (exact) mass is 226 g/mol. The Labute approximate surface area is 99.7 Å². The van der Waals surface area contributed by atoms with Gasteiger partial charge in [0.2, 0.25) is 0 Å². The predicted molar refractivity (Wildman–Crippen MR) is 66.7 cm³/mol. The molecular formula is C13H26N2O. The Kier molecular flexibility index (Phi) is 3.88. The van der Waals surface area contributed by atoms with Gasteiger partial charge in [-0.1, -0.05) is 13.8 Å². The maximum absolute atomic E-state index is 5.55. The lowest BCUT2D eigenvalue weighted by atomic mass is 9.77. The summed E-state index contributed by atoms with van der Waals surface area (Å²) in [6, 6.07) is 0. The minimum atomic E-state index is 0.416. The van der Waals surface area contributed by atoms with Crippen LogP contribution in [0.25, 0.3) is 0 Å². The van der Waals surface area contributed by atoms with Gasteiger partial charge >= 0.3 is 0 Å². The number of hydrogen-bond acceptors (Lipinski definition) is 3. The Bertz CT molecular complexity index is 216. The van der Waals surface area contributed by atoms with Gasteiger partial charge in [0.25, 0.3) is 0 Å². The van der Waals surface area contributed by atoms with Crippen molar-refractivity contribution in [1.29, 1.82) is 0 Å². The van der Waals surface area contributed by atoms with E-state index in [1.165, 1.54) is 39.0 Å². The van der Waals surface area contributed by atoms with Crippen molar-refractivity contribution < 1.29 is 4.74 Å². The van der Waals surface area contributed by atoms with Crippen LogP contribution < -0.4 is 0 Å². The molecule has 2 aliphatic heterocycles. The van der Waals surface area contributed by atoms with Crippen LogP contribution in [0.2, 0.25) is 0 Å². The molecule has 0 radical (unpaired) electrons. The van der Waals surface area contributed by atoms with E-state index in [1.54, 1.807) is 0 Å². The summed E-state index contributed by atoms with van der Waals surface area (Å²) in [4.78, 5) is 5.17. The third-order valence-corrected chi connectivity index (χ3v) is 4.57. The van der Waals surface area contributed by atoms with Crippen LogP contribution in [0.3, 0.4) is 0 Å². The topological polar surface area (TPSA) is 15.7 Å². The highest BCUT2D eigenvalue weighted by Crippen LogP contribution is 2.35. The number of ether oxygens (including phenoxy) is 1. The molecule has 0 unspecified atom stereocenters. The molecule has 3 heteroatoms. The Morgan fingerprint density at radius 3 is 2.06 bits per heavy atom. The van der Waals surface area contributed by atoms with E-state index in [0.29, 0.717) is 5.54 Å². The fourth-order valence-corrected chi connectivity index (χ4v) is 3.24. The molecule has 2 heterocycles. The van der Waals surface area contributed by atoms with Gasteiger partial charge in [-0.15, -0.1) is 0 Å². The zero-order valence-corrected chi connectivity index (χ0v) is 11.0. The van der Waals surface area contributed by atoms with E-state index in [0.717, 1.165) is 19.1 Å². The standard InChI is InChI=1S/C13H26N2O/c1-12(2)13(4-10-16-11-5-13)15-8-6-14(3)7-9-15/h12H,4-11H2,1-3H3. The maximum Gasteiger partial charge on any atom is 0.0483 e. The normalized spacial score (nSPS) is 28.5. The molecule has 16 heavy (non-hydrogen) atoms. The van der Waals surface area contributed by atoms with Crippen molar-refractivity contribution in [2.75, 3.05) is 46.4 Å². The van der Waals surface area contributed by atoms with E-state index < -0.39 is 0 Å². The van der Waals surface area contributed by atoms with Crippen LogP contribution in [-0.2, 0) is 4.74 Å². The Hall–Kier alpha value is -0.120. The molecule has 0 N–H and O–H groups in total. The zero-order valence-electron chi connectivity index (χ0n) is 11.0. The SMILES string of the molecule is CC(C)C1(N2CCN(C)CC2)CCOCC1. The Morgan fingerprint density at radius 1 is 1.00 bits per heavy atom. The van der Waals surface area contributed by atoms with Crippen molar-refractivity contribution in [2.24, 2.45) is 5.92 Å². The van der Waals surface area contributed by atoms with Crippen LogP contribution in [0.4, 0.5) is 0 Å². The summed E-state index contributed by atoms with van der Waals surface area (Å²) < 4.78 is 5.55. The molecule has 0 amide bonds. The van der Waals surface area contributed by atoms with E-state index in [4.69, 9.17) is 4.74 Å². The minimum Gasteiger partial charge on any atom is -0.381 e. The quantitative estimate of drug-likeness (QED) is 0.708. The molecule has 0 bridgehead atoms. The number of rotatable bonds is 2. The largest absolute Gasteiger partial charge is 0.381 e. The highest BCUT2D eigenvalue weighted by molar-refractivity contribution is 4.96. The van der Waals surface area contributed by atoms with Crippen molar-refractivity contribution in [3.05, 3.63) is 0 Å². The molecule has 94 valence electrons. The number of piperazine rings is 1. The van der Waals surface area contributed by atoms with Gasteiger partial charge in [0.15, 0.2) is 0 Å². The lowest BCUT2D eigenvalue weighted by Crippen LogP contribution is -2.60. The maximum atomic E-state index is 5.55. The van der Waals surface area contributed by atoms with E-state index in [2.05, 4.69) is 30.7 Å². The highest BCUT2D eigenvalue weighted by atomic mass is 16.5. The molecule has 0 aliphatic carbocycles. The lowest BCUT2D eigenvalue weighted by molar-refractivity contribution is -0.0682. The smallest absolute Gasteiger partial charge is 0.0483 e. The lowest BCUT2D eigenvalue weighted by Gasteiger charge is -2.51. The number of likely N-dealkylation sites (N-methyl/N-ethyl adjacent to an activating group) is 1. The van der Waals surface area contributed by atoms with Crippen molar-refractivity contribution in [1.82, 2.24) is 9.80 Å². The van der Waals surface area contributed by atoms with Crippen LogP contribution in [0.1, 0.15) is 26.7 Å². The summed E-state index contributed by atoms with van der Waals surface area (Å²) in [5.41, 5.74) is 0.416. The number of hydrogen-bond donors (Lipinski definition) is 0. The first-order valence-electron chi connectivity index (χ1n) is 6.66. The average Bonchev–Trinajstić information content (AvgIpc) is 2.30. The fraction of sp³-hybridized carbons (Fsp3) is 1.00. The zero-order chi connectivity index (χ0) is 11.6. The van der Waals surface area contributed by atoms with Crippen molar-refractivity contribution in [3.8, 4) is 0 Å². The number of nitrogens with zero attached hydrogens (tertiary/aromatic N) is 2. The fourth-order valence-electron chi connectivity index (χ4n) is 3.24. The molecule has 2 aliphatic rings. The molecule has 2 fully saturated rings. The summed E-state index contributed by atoms with van der Waals surface area (Å²) in [6.45, 7) is 11.6. The molecule has 0 atom stereocenters. The molecule has 0 saturated carbocycles. The third kappa shape index (κ3) is 2.27. The Balaban J connectivity index is 2.06. The predicted octanol–water partition coefficient (Wildman–Crippen LogP) is 1.44.